The highest BCUT2D eigenvalue weighted by Crippen LogP contribution is 2.30. The van der Waals surface area contributed by atoms with E-state index in [9.17, 15) is 9.18 Å². The molecule has 0 radical (unpaired) electrons. The Bertz CT molecular complexity index is 1580. The van der Waals surface area contributed by atoms with Crippen molar-refractivity contribution >= 4 is 22.5 Å². The van der Waals surface area contributed by atoms with E-state index >= 15 is 0 Å². The molecule has 0 aliphatic carbocycles. The highest BCUT2D eigenvalue weighted by Gasteiger charge is 2.17. The molecule has 0 unspecified atom stereocenters. The zero-order valence-electron chi connectivity index (χ0n) is 19.7. The van der Waals surface area contributed by atoms with Gasteiger partial charge >= 0.3 is 0 Å². The molecule has 5 rings (SSSR count). The Labute approximate surface area is 213 Å². The lowest BCUT2D eigenvalue weighted by atomic mass is 9.99. The van der Waals surface area contributed by atoms with Crippen LogP contribution in [0, 0.1) is 5.82 Å². The maximum absolute atomic E-state index is 13.5. The largest absolute Gasteiger partial charge is 0.492 e. The molecule has 0 N–H and O–H groups in total. The van der Waals surface area contributed by atoms with Gasteiger partial charge < -0.3 is 9.30 Å². The minimum Gasteiger partial charge on any atom is -0.492 e. The van der Waals surface area contributed by atoms with Gasteiger partial charge in [-0.3, -0.25) is 9.78 Å². The summed E-state index contributed by atoms with van der Waals surface area (Å²) in [7, 11) is 1.78. The Morgan fingerprint density at radius 2 is 1.69 bits per heavy atom. The summed E-state index contributed by atoms with van der Waals surface area (Å²) in [5.41, 5.74) is 4.98. The number of aryl methyl sites for hydroxylation is 1. The van der Waals surface area contributed by atoms with E-state index in [1.807, 2.05) is 66.7 Å². The van der Waals surface area contributed by atoms with Crippen LogP contribution in [-0.4, -0.2) is 16.2 Å². The van der Waals surface area contributed by atoms with Crippen molar-refractivity contribution < 1.29 is 9.13 Å². The van der Waals surface area contributed by atoms with Crippen LogP contribution in [0.25, 0.3) is 22.0 Å². The van der Waals surface area contributed by atoms with Crippen LogP contribution in [0.1, 0.15) is 16.8 Å². The van der Waals surface area contributed by atoms with Crippen molar-refractivity contribution in [2.24, 2.45) is 7.05 Å². The van der Waals surface area contributed by atoms with Crippen LogP contribution in [0.2, 0.25) is 5.02 Å². The second-order valence-corrected chi connectivity index (χ2v) is 9.02. The van der Waals surface area contributed by atoms with Crippen LogP contribution < -0.4 is 10.3 Å². The summed E-state index contributed by atoms with van der Waals surface area (Å²) in [6.45, 7) is 0.408. The summed E-state index contributed by atoms with van der Waals surface area (Å²) >= 11 is 5.95. The molecule has 0 saturated carbocycles. The zero-order chi connectivity index (χ0) is 25.1. The average Bonchev–Trinajstić information content (AvgIpc) is 2.91. The SMILES string of the molecule is Cn1c(=O)c(Cc2ccc(-c3ccc(F)c(Cl)c3)cc2)c(OCCc2ccccn2)c2ccccc21. The second-order valence-electron chi connectivity index (χ2n) is 8.61. The lowest BCUT2D eigenvalue weighted by molar-refractivity contribution is 0.320. The minimum atomic E-state index is -0.445. The maximum Gasteiger partial charge on any atom is 0.258 e. The molecule has 0 aliphatic rings. The van der Waals surface area contributed by atoms with Gasteiger partial charge in [-0.05, 0) is 53.1 Å². The number of para-hydroxylation sites is 1. The number of halogens is 2. The van der Waals surface area contributed by atoms with Gasteiger partial charge in [0.2, 0.25) is 0 Å². The normalized spacial score (nSPS) is 11.1. The van der Waals surface area contributed by atoms with Gasteiger partial charge in [0.15, 0.2) is 0 Å². The topological polar surface area (TPSA) is 44.1 Å². The van der Waals surface area contributed by atoms with Gasteiger partial charge in [0, 0.05) is 37.2 Å². The van der Waals surface area contributed by atoms with Gasteiger partial charge in [0.1, 0.15) is 11.6 Å². The van der Waals surface area contributed by atoms with Crippen LogP contribution in [-0.2, 0) is 19.9 Å². The van der Waals surface area contributed by atoms with Crippen LogP contribution in [0.4, 0.5) is 4.39 Å². The monoisotopic (exact) mass is 498 g/mol. The molecular weight excluding hydrogens is 475 g/mol. The maximum atomic E-state index is 13.5. The fourth-order valence-electron chi connectivity index (χ4n) is 4.35. The van der Waals surface area contributed by atoms with E-state index in [2.05, 4.69) is 4.98 Å². The number of fused-ring (bicyclic) bond motifs is 1. The van der Waals surface area contributed by atoms with Crippen molar-refractivity contribution in [3.63, 3.8) is 0 Å². The van der Waals surface area contributed by atoms with Crippen molar-refractivity contribution in [3.05, 3.63) is 129 Å². The van der Waals surface area contributed by atoms with Crippen LogP contribution in [0.3, 0.4) is 0 Å². The second kappa shape index (κ2) is 10.3. The van der Waals surface area contributed by atoms with Gasteiger partial charge in [-0.25, -0.2) is 4.39 Å². The van der Waals surface area contributed by atoms with Gasteiger partial charge in [-0.1, -0.05) is 60.1 Å². The van der Waals surface area contributed by atoms with Crippen molar-refractivity contribution in [2.75, 3.05) is 6.61 Å². The van der Waals surface area contributed by atoms with E-state index in [0.717, 1.165) is 33.3 Å². The minimum absolute atomic E-state index is 0.0868. The van der Waals surface area contributed by atoms with E-state index in [-0.39, 0.29) is 10.6 Å². The molecule has 0 bridgehead atoms. The average molecular weight is 499 g/mol. The van der Waals surface area contributed by atoms with E-state index < -0.39 is 5.82 Å². The number of hydrogen-bond donors (Lipinski definition) is 0. The third-order valence-corrected chi connectivity index (χ3v) is 6.56. The molecule has 4 nitrogen and oxygen atoms in total. The quantitative estimate of drug-likeness (QED) is 0.254. The zero-order valence-corrected chi connectivity index (χ0v) is 20.5. The molecule has 180 valence electrons. The highest BCUT2D eigenvalue weighted by atomic mass is 35.5. The fraction of sp³-hybridized carbons (Fsp3) is 0.133. The molecule has 3 aromatic carbocycles. The molecule has 0 amide bonds. The van der Waals surface area contributed by atoms with Crippen molar-refractivity contribution in [2.45, 2.75) is 12.8 Å². The molecule has 36 heavy (non-hydrogen) atoms. The Morgan fingerprint density at radius 3 is 2.44 bits per heavy atom. The Kier molecular flexibility index (Phi) is 6.83. The molecule has 2 heterocycles. The molecule has 0 atom stereocenters. The number of pyridine rings is 2. The first-order chi connectivity index (χ1) is 17.5. The van der Waals surface area contributed by atoms with E-state index in [4.69, 9.17) is 16.3 Å². The molecule has 0 fully saturated rings. The Hall–Kier alpha value is -3.96. The molecule has 0 saturated heterocycles. The Morgan fingerprint density at radius 1 is 0.944 bits per heavy atom. The van der Waals surface area contributed by atoms with Crippen molar-refractivity contribution in [3.8, 4) is 16.9 Å². The predicted molar refractivity (Wildman–Crippen MR) is 142 cm³/mol. The molecule has 2 aromatic heterocycles. The van der Waals surface area contributed by atoms with E-state index in [1.165, 1.54) is 6.07 Å². The number of benzene rings is 3. The van der Waals surface area contributed by atoms with E-state index in [0.29, 0.717) is 30.8 Å². The van der Waals surface area contributed by atoms with Gasteiger partial charge in [-0.15, -0.1) is 0 Å². The van der Waals surface area contributed by atoms with Crippen molar-refractivity contribution in [1.29, 1.82) is 0 Å². The number of nitrogens with zero attached hydrogens (tertiary/aromatic N) is 2. The fourth-order valence-corrected chi connectivity index (χ4v) is 4.53. The summed E-state index contributed by atoms with van der Waals surface area (Å²) in [5.74, 6) is 0.166. The summed E-state index contributed by atoms with van der Waals surface area (Å²) < 4.78 is 21.5. The molecule has 0 aliphatic heterocycles. The highest BCUT2D eigenvalue weighted by molar-refractivity contribution is 6.31. The third-order valence-electron chi connectivity index (χ3n) is 6.27. The number of ether oxygens (including phenoxy) is 1. The predicted octanol–water partition coefficient (Wildman–Crippen LogP) is 6.61. The number of aromatic nitrogens is 2. The van der Waals surface area contributed by atoms with Crippen LogP contribution in [0.15, 0.2) is 95.9 Å². The van der Waals surface area contributed by atoms with Crippen molar-refractivity contribution in [1.82, 2.24) is 9.55 Å². The number of hydrogen-bond acceptors (Lipinski definition) is 3. The molecule has 0 spiro atoms. The lowest BCUT2D eigenvalue weighted by Crippen LogP contribution is -2.23. The first kappa shape index (κ1) is 23.8. The molecule has 6 heteroatoms. The number of rotatable bonds is 7. The first-order valence-corrected chi connectivity index (χ1v) is 12.1. The van der Waals surface area contributed by atoms with E-state index in [1.54, 1.807) is 29.9 Å². The van der Waals surface area contributed by atoms with Crippen LogP contribution in [0.5, 0.6) is 5.75 Å². The summed E-state index contributed by atoms with van der Waals surface area (Å²) in [5, 5.41) is 0.983. The Balaban J connectivity index is 1.47. The summed E-state index contributed by atoms with van der Waals surface area (Å²) in [4.78, 5) is 17.8. The van der Waals surface area contributed by atoms with Gasteiger partial charge in [0.05, 0.1) is 22.7 Å². The molecular formula is C30H24ClFN2O2. The van der Waals surface area contributed by atoms with Gasteiger partial charge in [-0.2, -0.15) is 0 Å². The lowest BCUT2D eigenvalue weighted by Gasteiger charge is -2.17. The van der Waals surface area contributed by atoms with Crippen LogP contribution >= 0.6 is 11.6 Å². The third kappa shape index (κ3) is 4.88. The first-order valence-electron chi connectivity index (χ1n) is 11.7. The van der Waals surface area contributed by atoms with Gasteiger partial charge in [0.25, 0.3) is 5.56 Å². The smallest absolute Gasteiger partial charge is 0.258 e. The summed E-state index contributed by atoms with van der Waals surface area (Å²) in [6, 6.07) is 26.1. The summed E-state index contributed by atoms with van der Waals surface area (Å²) in [6.07, 6.45) is 2.82. The molecule has 5 aromatic rings. The standard InChI is InChI=1S/C30H24ClFN2O2/c1-34-28-8-3-2-7-24(28)29(36-17-15-23-6-4-5-16-33-23)25(30(34)35)18-20-9-11-21(12-10-20)22-13-14-27(32)26(31)19-22/h2-14,16,19H,15,17-18H2,1H3.